The molecule has 24 heavy (non-hydrogen) atoms. The number of hydrogen-bond acceptors (Lipinski definition) is 6. The lowest BCUT2D eigenvalue weighted by Crippen LogP contribution is -2.44. The summed E-state index contributed by atoms with van der Waals surface area (Å²) in [4.78, 5) is 27.2. The van der Waals surface area contributed by atoms with Gasteiger partial charge in [0.15, 0.2) is 0 Å². The molecule has 0 aromatic carbocycles. The third-order valence-electron chi connectivity index (χ3n) is 4.13. The van der Waals surface area contributed by atoms with E-state index >= 15 is 0 Å². The molecule has 0 fully saturated rings. The molecule has 2 aliphatic heterocycles. The van der Waals surface area contributed by atoms with Gasteiger partial charge in [-0.15, -0.1) is 0 Å². The van der Waals surface area contributed by atoms with Gasteiger partial charge < -0.3 is 14.9 Å². The number of nitrogens with zero attached hydrogens (tertiary/aromatic N) is 5. The van der Waals surface area contributed by atoms with Gasteiger partial charge in [-0.3, -0.25) is 14.3 Å². The number of carbonyl (C=O) groups is 2. The highest BCUT2D eigenvalue weighted by atomic mass is 16.3. The van der Waals surface area contributed by atoms with Gasteiger partial charge in [0.25, 0.3) is 5.91 Å². The molecule has 2 amide bonds. The van der Waals surface area contributed by atoms with Crippen LogP contribution in [-0.4, -0.2) is 69.4 Å². The van der Waals surface area contributed by atoms with Gasteiger partial charge in [0.05, 0.1) is 24.5 Å². The van der Waals surface area contributed by atoms with Crippen molar-refractivity contribution in [3.05, 3.63) is 17.5 Å². The van der Waals surface area contributed by atoms with Gasteiger partial charge in [0, 0.05) is 25.9 Å². The number of nitrogens with one attached hydrogen (secondary N) is 1. The largest absolute Gasteiger partial charge is 0.385 e. The van der Waals surface area contributed by atoms with Crippen LogP contribution < -0.4 is 5.43 Å². The maximum absolute atomic E-state index is 12.5. The Morgan fingerprint density at radius 1 is 1.42 bits per heavy atom. The van der Waals surface area contributed by atoms with Gasteiger partial charge in [-0.05, 0) is 20.2 Å². The van der Waals surface area contributed by atoms with Gasteiger partial charge in [-0.2, -0.15) is 10.2 Å². The summed E-state index contributed by atoms with van der Waals surface area (Å²) in [6.45, 7) is 2.03. The quantitative estimate of drug-likeness (QED) is 0.742. The second kappa shape index (κ2) is 6.70. The number of fused-ring (bicyclic) bond motifs is 1. The predicted molar refractivity (Wildman–Crippen MR) is 86.0 cm³/mol. The molecule has 9 nitrogen and oxygen atoms in total. The maximum Gasteiger partial charge on any atom is 0.270 e. The lowest BCUT2D eigenvalue weighted by atomic mass is 10.1. The Morgan fingerprint density at radius 3 is 2.88 bits per heavy atom. The standard InChI is InChI=1S/C15H22N6O3/c1-19(2)9-13(22)12-7-10-8-20(5-6-21(10)18-12)15(24)11-3-4-14(23)17-16-11/h7,13,22H,3-6,8-9H2,1-2H3,(H,17,23). The van der Waals surface area contributed by atoms with Crippen LogP contribution in [-0.2, 0) is 22.7 Å². The first-order valence-corrected chi connectivity index (χ1v) is 7.98. The van der Waals surface area contributed by atoms with Crippen molar-refractivity contribution in [3.8, 4) is 0 Å². The maximum atomic E-state index is 12.5. The van der Waals surface area contributed by atoms with Gasteiger partial charge in [0.2, 0.25) is 5.91 Å². The van der Waals surface area contributed by atoms with E-state index in [4.69, 9.17) is 0 Å². The number of likely N-dealkylation sites (N-methyl/N-ethyl adjacent to an activating group) is 1. The molecule has 0 aliphatic carbocycles. The van der Waals surface area contributed by atoms with Crippen LogP contribution in [0, 0.1) is 0 Å². The molecule has 0 bridgehead atoms. The van der Waals surface area contributed by atoms with Crippen molar-refractivity contribution in [2.24, 2.45) is 5.10 Å². The highest BCUT2D eigenvalue weighted by Gasteiger charge is 2.28. The van der Waals surface area contributed by atoms with Crippen molar-refractivity contribution in [1.82, 2.24) is 25.0 Å². The number of hydrogen-bond donors (Lipinski definition) is 2. The minimum Gasteiger partial charge on any atom is -0.385 e. The van der Waals surface area contributed by atoms with Crippen molar-refractivity contribution >= 4 is 17.5 Å². The van der Waals surface area contributed by atoms with Crippen molar-refractivity contribution in [1.29, 1.82) is 0 Å². The summed E-state index contributed by atoms with van der Waals surface area (Å²) < 4.78 is 1.84. The van der Waals surface area contributed by atoms with E-state index < -0.39 is 6.10 Å². The molecule has 0 spiro atoms. The minimum absolute atomic E-state index is 0.155. The molecule has 2 N–H and O–H groups in total. The van der Waals surface area contributed by atoms with Gasteiger partial charge in [-0.1, -0.05) is 0 Å². The van der Waals surface area contributed by atoms with E-state index in [1.54, 1.807) is 4.90 Å². The first kappa shape index (κ1) is 16.6. The molecule has 3 rings (SSSR count). The van der Waals surface area contributed by atoms with E-state index in [9.17, 15) is 14.7 Å². The van der Waals surface area contributed by atoms with Crippen LogP contribution in [0.15, 0.2) is 11.2 Å². The summed E-state index contributed by atoms with van der Waals surface area (Å²) >= 11 is 0. The third kappa shape index (κ3) is 3.46. The highest BCUT2D eigenvalue weighted by molar-refractivity contribution is 6.39. The van der Waals surface area contributed by atoms with E-state index in [0.29, 0.717) is 44.0 Å². The summed E-state index contributed by atoms with van der Waals surface area (Å²) in [6.07, 6.45) is 0.00458. The van der Waals surface area contributed by atoms with Crippen molar-refractivity contribution in [3.63, 3.8) is 0 Å². The molecular formula is C15H22N6O3. The molecule has 2 aliphatic rings. The Labute approximate surface area is 139 Å². The fourth-order valence-electron chi connectivity index (χ4n) is 2.88. The Kier molecular flexibility index (Phi) is 4.63. The molecule has 0 saturated carbocycles. The summed E-state index contributed by atoms with van der Waals surface area (Å²) in [5, 5.41) is 18.5. The van der Waals surface area contributed by atoms with E-state index in [2.05, 4.69) is 15.6 Å². The van der Waals surface area contributed by atoms with E-state index in [1.807, 2.05) is 29.7 Å². The predicted octanol–water partition coefficient (Wildman–Crippen LogP) is -0.914. The second-order valence-corrected chi connectivity index (χ2v) is 6.38. The van der Waals surface area contributed by atoms with Crippen LogP contribution >= 0.6 is 0 Å². The smallest absolute Gasteiger partial charge is 0.270 e. The topological polar surface area (TPSA) is 103 Å². The van der Waals surface area contributed by atoms with Crippen LogP contribution in [0.4, 0.5) is 0 Å². The first-order valence-electron chi connectivity index (χ1n) is 7.98. The molecule has 1 aromatic rings. The number of aliphatic hydroxyl groups is 1. The van der Waals surface area contributed by atoms with Crippen molar-refractivity contribution in [2.75, 3.05) is 27.2 Å². The molecule has 3 heterocycles. The van der Waals surface area contributed by atoms with E-state index in [-0.39, 0.29) is 18.2 Å². The van der Waals surface area contributed by atoms with Gasteiger partial charge in [0.1, 0.15) is 11.8 Å². The number of amides is 2. The minimum atomic E-state index is -0.653. The Bertz CT molecular complexity index is 681. The van der Waals surface area contributed by atoms with Gasteiger partial charge in [-0.25, -0.2) is 5.43 Å². The molecule has 130 valence electrons. The van der Waals surface area contributed by atoms with Crippen LogP contribution in [0.2, 0.25) is 0 Å². The van der Waals surface area contributed by atoms with Crippen LogP contribution in [0.5, 0.6) is 0 Å². The van der Waals surface area contributed by atoms with Crippen molar-refractivity contribution in [2.45, 2.75) is 32.0 Å². The monoisotopic (exact) mass is 334 g/mol. The Morgan fingerprint density at radius 2 is 2.21 bits per heavy atom. The summed E-state index contributed by atoms with van der Waals surface area (Å²) in [6, 6.07) is 1.85. The molecule has 0 saturated heterocycles. The van der Waals surface area contributed by atoms with E-state index in [1.165, 1.54) is 0 Å². The zero-order valence-electron chi connectivity index (χ0n) is 13.9. The number of carbonyl (C=O) groups excluding carboxylic acids is 2. The average Bonchev–Trinajstić information content (AvgIpc) is 2.97. The SMILES string of the molecule is CN(C)CC(O)c1cc2n(n1)CCN(C(=O)C1=NNC(=O)CC1)C2. The fourth-order valence-corrected chi connectivity index (χ4v) is 2.88. The molecule has 1 atom stereocenters. The van der Waals surface area contributed by atoms with Crippen LogP contribution in [0.1, 0.15) is 30.3 Å². The van der Waals surface area contributed by atoms with Gasteiger partial charge >= 0.3 is 0 Å². The zero-order chi connectivity index (χ0) is 17.3. The summed E-state index contributed by atoms with van der Waals surface area (Å²) in [5.74, 6) is -0.319. The number of aliphatic hydroxyl groups excluding tert-OH is 1. The molecule has 1 unspecified atom stereocenters. The number of aromatic nitrogens is 2. The second-order valence-electron chi connectivity index (χ2n) is 6.38. The first-order chi connectivity index (χ1) is 11.4. The lowest BCUT2D eigenvalue weighted by Gasteiger charge is -2.28. The summed E-state index contributed by atoms with van der Waals surface area (Å²) in [5.41, 5.74) is 4.25. The average molecular weight is 334 g/mol. The van der Waals surface area contributed by atoms with Crippen LogP contribution in [0.3, 0.4) is 0 Å². The lowest BCUT2D eigenvalue weighted by molar-refractivity contribution is -0.126. The van der Waals surface area contributed by atoms with Crippen molar-refractivity contribution < 1.29 is 14.7 Å². The molecular weight excluding hydrogens is 312 g/mol. The Balaban J connectivity index is 1.69. The summed E-state index contributed by atoms with van der Waals surface area (Å²) in [7, 11) is 3.78. The fraction of sp³-hybridized carbons (Fsp3) is 0.600. The molecule has 9 heteroatoms. The third-order valence-corrected chi connectivity index (χ3v) is 4.13. The number of hydrazone groups is 1. The molecule has 1 aromatic heterocycles. The highest BCUT2D eigenvalue weighted by Crippen LogP contribution is 2.19. The van der Waals surface area contributed by atoms with E-state index in [0.717, 1.165) is 5.69 Å². The zero-order valence-corrected chi connectivity index (χ0v) is 13.9. The number of rotatable bonds is 4. The normalized spacial score (nSPS) is 18.9. The van der Waals surface area contributed by atoms with Crippen LogP contribution in [0.25, 0.3) is 0 Å². The Hall–Kier alpha value is -2.26. The molecule has 0 radical (unpaired) electrons.